The van der Waals surface area contributed by atoms with E-state index in [0.29, 0.717) is 0 Å². The molecule has 6 aromatic rings. The average Bonchev–Trinajstić information content (AvgIpc) is 4.19. The van der Waals surface area contributed by atoms with E-state index in [-0.39, 0.29) is 57.8 Å². The molecule has 75 heavy (non-hydrogen) atoms. The second-order valence-corrected chi connectivity index (χ2v) is 21.5. The van der Waals surface area contributed by atoms with Gasteiger partial charge in [-0.25, -0.2) is 38.2 Å². The number of hydrogen-bond acceptors (Lipinski definition) is 28. The first-order chi connectivity index (χ1) is 35.5. The number of nitrogens with two attached hydrogens (primary N) is 3. The zero-order valence-electron chi connectivity index (χ0n) is 39.0. The summed E-state index contributed by atoms with van der Waals surface area (Å²) < 4.78 is 104. The number of hydrogen-bond donors (Lipinski definition) is 11. The summed E-state index contributed by atoms with van der Waals surface area (Å²) in [5.41, 5.74) is 16.4. The minimum absolute atomic E-state index is 0.00473. The van der Waals surface area contributed by atoms with E-state index in [1.807, 2.05) is 0 Å². The van der Waals surface area contributed by atoms with Crippen LogP contribution in [0, 0.1) is 5.92 Å². The number of phosphoric acid groups is 3. The zero-order chi connectivity index (χ0) is 53.9. The molecule has 6 aromatic heterocycles. The quantitative estimate of drug-likeness (QED) is 0.0142. The van der Waals surface area contributed by atoms with Gasteiger partial charge in [0.2, 0.25) is 17.7 Å². The Hall–Kier alpha value is -5.34. The molecular weight excluding hydrogens is 1080 g/mol. The smallest absolute Gasteiger partial charge is 0.387 e. The summed E-state index contributed by atoms with van der Waals surface area (Å²) in [4.78, 5) is 85.7. The molecule has 0 bridgehead atoms. The highest BCUT2D eigenvalue weighted by atomic mass is 31.3. The van der Waals surface area contributed by atoms with Crippen molar-refractivity contribution < 1.29 is 99.1 Å². The molecule has 3 saturated heterocycles. The standard InChI is InChI=1S/C35H48N15O22P3/c1-47-11-50(28-19(47)30(55)46-35(38)44-28)31-20(51)13(4-62-2)14(68-31)6-66-73(56,57)71-75(60,61)72-74(58,59)67-7-16-23(24(63-3)33(70-16)48-9-41-17-25(36)39-8-40-26(17)48)65-12-64-5-15-21(52)22(53)32(69-15)49-10-42-18-27(49)43-34(37)45-29(18)54/h8-11,13-16,20-24,31-33,51-53H,4-7,12H2,1-3H3,(H10-,36,37,38,39,40,43,44,45,46,54,55,56,57,58,59,60,61)/p+1/t13-,14-,15-,16-,20-,21-,22-,23-,24-,31-,32-,33-/m1/s1. The van der Waals surface area contributed by atoms with Crippen LogP contribution in [0.5, 0.6) is 0 Å². The lowest BCUT2D eigenvalue weighted by Crippen LogP contribution is -2.45. The van der Waals surface area contributed by atoms with Crippen molar-refractivity contribution in [2.75, 3.05) is 64.6 Å². The van der Waals surface area contributed by atoms with Gasteiger partial charge in [-0.05, 0) is 0 Å². The van der Waals surface area contributed by atoms with Crippen molar-refractivity contribution >= 4 is 74.7 Å². The van der Waals surface area contributed by atoms with E-state index in [9.17, 15) is 53.3 Å². The third-order valence-electron chi connectivity index (χ3n) is 12.1. The third kappa shape index (κ3) is 11.0. The molecule has 14 N–H and O–H groups in total. The fourth-order valence-electron chi connectivity index (χ4n) is 8.79. The van der Waals surface area contributed by atoms with Crippen LogP contribution in [-0.4, -0.2) is 180 Å². The fraction of sp³-hybridized carbons (Fsp3) is 0.571. The van der Waals surface area contributed by atoms with Gasteiger partial charge in [0.05, 0.1) is 52.2 Å². The number of aromatic nitrogens is 12. The molecule has 3 fully saturated rings. The lowest BCUT2D eigenvalue weighted by atomic mass is 9.99. The van der Waals surface area contributed by atoms with E-state index in [0.717, 1.165) is 6.33 Å². The topological polar surface area (TPSA) is 514 Å². The molecule has 0 amide bonds. The third-order valence-corrected chi connectivity index (χ3v) is 16.3. The number of nitrogens with zero attached hydrogens (tertiary/aromatic N) is 10. The molecule has 15 atom stereocenters. The van der Waals surface area contributed by atoms with E-state index in [2.05, 4.69) is 48.5 Å². The van der Waals surface area contributed by atoms with Crippen LogP contribution in [0.25, 0.3) is 33.5 Å². The average molecular weight is 1120 g/mol. The first kappa shape index (κ1) is 54.4. The minimum atomic E-state index is -6.07. The lowest BCUT2D eigenvalue weighted by molar-refractivity contribution is -0.745. The Morgan fingerprint density at radius 1 is 0.720 bits per heavy atom. The molecular formula is C35H49N15O22P3+. The minimum Gasteiger partial charge on any atom is -0.387 e. The number of aliphatic hydroxyl groups excluding tert-OH is 3. The van der Waals surface area contributed by atoms with Gasteiger partial charge in [0.15, 0.2) is 41.4 Å². The van der Waals surface area contributed by atoms with Crippen molar-refractivity contribution in [2.24, 2.45) is 13.0 Å². The zero-order valence-corrected chi connectivity index (χ0v) is 41.7. The molecule has 0 spiro atoms. The highest BCUT2D eigenvalue weighted by Crippen LogP contribution is 2.68. The maximum atomic E-state index is 13.3. The Bertz CT molecular complexity index is 3340. The van der Waals surface area contributed by atoms with Gasteiger partial charge >= 0.3 is 29.1 Å². The van der Waals surface area contributed by atoms with Gasteiger partial charge in [0.25, 0.3) is 17.1 Å². The van der Waals surface area contributed by atoms with Crippen molar-refractivity contribution in [1.82, 2.24) is 53.6 Å². The molecule has 3 aliphatic heterocycles. The van der Waals surface area contributed by atoms with Gasteiger partial charge < -0.3 is 80.4 Å². The van der Waals surface area contributed by atoms with E-state index in [4.69, 9.17) is 59.4 Å². The number of aromatic amines is 2. The van der Waals surface area contributed by atoms with Crippen molar-refractivity contribution in [3.05, 3.63) is 46.0 Å². The van der Waals surface area contributed by atoms with Crippen molar-refractivity contribution in [3.63, 3.8) is 0 Å². The van der Waals surface area contributed by atoms with Crippen LogP contribution < -0.4 is 32.9 Å². The summed E-state index contributed by atoms with van der Waals surface area (Å²) in [5, 5.41) is 33.0. The van der Waals surface area contributed by atoms with E-state index >= 15 is 0 Å². The second kappa shape index (κ2) is 21.2. The molecule has 37 nitrogen and oxygen atoms in total. The number of nitrogens with one attached hydrogen (secondary N) is 2. The van der Waals surface area contributed by atoms with Crippen LogP contribution >= 0.6 is 23.5 Å². The number of methoxy groups -OCH3 is 2. The van der Waals surface area contributed by atoms with Crippen LogP contribution in [0.4, 0.5) is 17.7 Å². The van der Waals surface area contributed by atoms with Crippen LogP contribution in [0.3, 0.4) is 0 Å². The predicted molar refractivity (Wildman–Crippen MR) is 243 cm³/mol. The Morgan fingerprint density at radius 2 is 1.36 bits per heavy atom. The van der Waals surface area contributed by atoms with Crippen LogP contribution in [-0.2, 0) is 71.6 Å². The number of imidazole rings is 3. The Kier molecular flexibility index (Phi) is 15.4. The molecule has 9 rings (SSSR count). The number of H-pyrrole nitrogens is 2. The monoisotopic (exact) mass is 1120 g/mol. The van der Waals surface area contributed by atoms with Crippen molar-refractivity contribution in [2.45, 2.75) is 67.5 Å². The summed E-state index contributed by atoms with van der Waals surface area (Å²) in [6, 6.07) is 0. The lowest BCUT2D eigenvalue weighted by Gasteiger charge is -2.24. The first-order valence-electron chi connectivity index (χ1n) is 21.8. The molecule has 40 heteroatoms. The maximum Gasteiger partial charge on any atom is 0.490 e. The normalized spacial score (nSPS) is 29.6. The molecule has 0 saturated carbocycles. The highest BCUT2D eigenvalue weighted by molar-refractivity contribution is 7.66. The highest BCUT2D eigenvalue weighted by Gasteiger charge is 2.52. The van der Waals surface area contributed by atoms with Gasteiger partial charge in [-0.2, -0.15) is 13.6 Å². The number of ether oxygens (including phenoxy) is 7. The number of fused-ring (bicyclic) bond motifs is 3. The van der Waals surface area contributed by atoms with Gasteiger partial charge in [-0.1, -0.05) is 4.98 Å². The van der Waals surface area contributed by atoms with Crippen LogP contribution in [0.1, 0.15) is 18.7 Å². The summed E-state index contributed by atoms with van der Waals surface area (Å²) in [6.45, 7) is -3.20. The van der Waals surface area contributed by atoms with Crippen LogP contribution in [0.2, 0.25) is 0 Å². The molecule has 410 valence electrons. The molecule has 0 aliphatic carbocycles. The van der Waals surface area contributed by atoms with Crippen molar-refractivity contribution in [3.8, 4) is 0 Å². The van der Waals surface area contributed by atoms with Gasteiger partial charge in [0, 0.05) is 20.1 Å². The molecule has 0 aromatic carbocycles. The number of rotatable bonds is 21. The summed E-state index contributed by atoms with van der Waals surface area (Å²) in [7, 11) is -13.5. The number of phosphoric ester groups is 2. The molecule has 3 aliphatic rings. The Labute approximate surface area is 417 Å². The summed E-state index contributed by atoms with van der Waals surface area (Å²) in [6.07, 6.45) is -9.87. The number of aryl methyl sites for hydroxylation is 1. The predicted octanol–water partition coefficient (Wildman–Crippen LogP) is -3.95. The molecule has 3 unspecified atom stereocenters. The second-order valence-electron chi connectivity index (χ2n) is 16.9. The summed E-state index contributed by atoms with van der Waals surface area (Å²) >= 11 is 0. The van der Waals surface area contributed by atoms with Crippen molar-refractivity contribution in [1.29, 1.82) is 0 Å². The number of anilines is 3. The molecule has 9 heterocycles. The van der Waals surface area contributed by atoms with E-state index < -0.39 is 135 Å². The summed E-state index contributed by atoms with van der Waals surface area (Å²) in [5.74, 6) is -1.48. The fourth-order valence-corrected chi connectivity index (χ4v) is 12.3. The largest absolute Gasteiger partial charge is 0.490 e. The van der Waals surface area contributed by atoms with E-state index in [1.54, 1.807) is 0 Å². The maximum absolute atomic E-state index is 13.3. The van der Waals surface area contributed by atoms with E-state index in [1.165, 1.54) is 58.5 Å². The van der Waals surface area contributed by atoms with Gasteiger partial charge in [-0.15, -0.1) is 0 Å². The number of aliphatic hydroxyl groups is 3. The SMILES string of the molecule is COC[C@H]1[C@@H](O)[C@H]([n+]2cn(C)c3c(=O)[nH]c(N)nc32)O[C@@H]1COP(=O)(O)OP(=O)(O)OP(=O)(O)OC[C@H]1O[C@@H](n2cnc3c(N)ncnc32)[C@H](OC)[C@@H]1OCOC[C@H]1O[C@@H](n2cnc3c(=O)[nH]c(N)nc32)[C@H](O)[C@@H]1O. The first-order valence-corrected chi connectivity index (χ1v) is 26.3. The van der Waals surface area contributed by atoms with Gasteiger partial charge in [-0.3, -0.25) is 42.3 Å². The molecule has 0 radical (unpaired) electrons. The number of nitrogen functional groups attached to an aromatic ring is 3. The van der Waals surface area contributed by atoms with Crippen LogP contribution in [0.15, 0.2) is 34.9 Å². The Morgan fingerprint density at radius 3 is 2.05 bits per heavy atom. The van der Waals surface area contributed by atoms with Gasteiger partial charge in [0.1, 0.15) is 61.4 Å². The Balaban J connectivity index is 0.843.